The molecule has 0 bridgehead atoms. The zero-order chi connectivity index (χ0) is 14.3. The number of hydrogen-bond acceptors (Lipinski definition) is 2. The summed E-state index contributed by atoms with van der Waals surface area (Å²) >= 11 is 6.02. The van der Waals surface area contributed by atoms with E-state index >= 15 is 0 Å². The molecule has 0 fully saturated rings. The molecule has 0 atom stereocenters. The molecule has 0 amide bonds. The fraction of sp³-hybridized carbons (Fsp3) is 0.500. The smallest absolute Gasteiger partial charge is 0.138 e. The number of benzene rings is 1. The largest absolute Gasteiger partial charge is 0.495 e. The van der Waals surface area contributed by atoms with Gasteiger partial charge in [0.05, 0.1) is 12.1 Å². The van der Waals surface area contributed by atoms with Crippen LogP contribution in [0.3, 0.4) is 0 Å². The Morgan fingerprint density at radius 2 is 2.16 bits per heavy atom. The van der Waals surface area contributed by atoms with Crippen molar-refractivity contribution < 1.29 is 4.74 Å². The van der Waals surface area contributed by atoms with Crippen LogP contribution in [0.25, 0.3) is 5.57 Å². The van der Waals surface area contributed by atoms with Gasteiger partial charge >= 0.3 is 0 Å². The predicted octanol–water partition coefficient (Wildman–Crippen LogP) is 4.39. The average molecular weight is 282 g/mol. The van der Waals surface area contributed by atoms with Crippen LogP contribution >= 0.6 is 11.6 Å². The molecule has 106 valence electrons. The molecular weight excluding hydrogens is 258 g/mol. The normalized spacial score (nSPS) is 12.0. The Kier molecular flexibility index (Phi) is 6.96. The van der Waals surface area contributed by atoms with Gasteiger partial charge in [0.25, 0.3) is 0 Å². The Hall–Kier alpha value is -0.990. The zero-order valence-corrected chi connectivity index (χ0v) is 13.1. The molecule has 0 aliphatic heterocycles. The van der Waals surface area contributed by atoms with Crippen LogP contribution in [0.2, 0.25) is 5.02 Å². The van der Waals surface area contributed by atoms with Gasteiger partial charge in [0, 0.05) is 0 Å². The maximum absolute atomic E-state index is 6.02. The lowest BCUT2D eigenvalue weighted by molar-refractivity contribution is 0.415. The van der Waals surface area contributed by atoms with Crippen molar-refractivity contribution in [3.05, 3.63) is 34.9 Å². The molecule has 0 aromatic heterocycles. The Labute approximate surface area is 121 Å². The maximum atomic E-state index is 6.02. The second-order valence-corrected chi connectivity index (χ2v) is 5.53. The van der Waals surface area contributed by atoms with E-state index in [1.807, 2.05) is 18.2 Å². The predicted molar refractivity (Wildman–Crippen MR) is 84.0 cm³/mol. The molecule has 0 aliphatic carbocycles. The minimum atomic E-state index is 0.651. The van der Waals surface area contributed by atoms with Gasteiger partial charge in [-0.2, -0.15) is 0 Å². The van der Waals surface area contributed by atoms with Crippen molar-refractivity contribution in [1.29, 1.82) is 0 Å². The van der Waals surface area contributed by atoms with Crippen molar-refractivity contribution in [1.82, 2.24) is 5.32 Å². The number of ether oxygens (including phenoxy) is 1. The first-order valence-electron chi connectivity index (χ1n) is 6.76. The molecule has 1 aromatic carbocycles. The average Bonchev–Trinajstić information content (AvgIpc) is 2.38. The van der Waals surface area contributed by atoms with Crippen molar-refractivity contribution in [3.8, 4) is 5.75 Å². The van der Waals surface area contributed by atoms with Crippen LogP contribution in [0.4, 0.5) is 0 Å². The van der Waals surface area contributed by atoms with E-state index in [4.69, 9.17) is 16.3 Å². The Morgan fingerprint density at radius 1 is 1.42 bits per heavy atom. The van der Waals surface area contributed by atoms with Crippen LogP contribution in [0, 0.1) is 5.92 Å². The number of rotatable bonds is 7. The minimum Gasteiger partial charge on any atom is -0.495 e. The van der Waals surface area contributed by atoms with Crippen molar-refractivity contribution in [3.63, 3.8) is 0 Å². The summed E-state index contributed by atoms with van der Waals surface area (Å²) in [6.45, 7) is 8.63. The summed E-state index contributed by atoms with van der Waals surface area (Å²) < 4.78 is 5.23. The molecule has 0 saturated heterocycles. The molecule has 2 nitrogen and oxygen atoms in total. The first kappa shape index (κ1) is 16.1. The highest BCUT2D eigenvalue weighted by Crippen LogP contribution is 2.28. The molecule has 19 heavy (non-hydrogen) atoms. The number of nitrogens with one attached hydrogen (secondary N) is 1. The summed E-state index contributed by atoms with van der Waals surface area (Å²) in [5.74, 6) is 1.43. The lowest BCUT2D eigenvalue weighted by Crippen LogP contribution is -2.20. The molecular formula is C16H24ClNO. The van der Waals surface area contributed by atoms with Crippen LogP contribution in [0.1, 0.15) is 32.8 Å². The Morgan fingerprint density at radius 3 is 2.79 bits per heavy atom. The highest BCUT2D eigenvalue weighted by Gasteiger charge is 2.03. The minimum absolute atomic E-state index is 0.651. The fourth-order valence-corrected chi connectivity index (χ4v) is 2.00. The highest BCUT2D eigenvalue weighted by atomic mass is 35.5. The van der Waals surface area contributed by atoms with Gasteiger partial charge in [-0.3, -0.25) is 0 Å². The van der Waals surface area contributed by atoms with Crippen LogP contribution in [0.5, 0.6) is 5.75 Å². The van der Waals surface area contributed by atoms with Crippen LogP contribution in [-0.2, 0) is 0 Å². The fourth-order valence-electron chi connectivity index (χ4n) is 1.80. The number of methoxy groups -OCH3 is 1. The Bertz CT molecular complexity index is 427. The van der Waals surface area contributed by atoms with Crippen molar-refractivity contribution in [2.45, 2.75) is 27.2 Å². The zero-order valence-electron chi connectivity index (χ0n) is 12.3. The molecule has 0 radical (unpaired) electrons. The summed E-state index contributed by atoms with van der Waals surface area (Å²) in [4.78, 5) is 0. The summed E-state index contributed by atoms with van der Waals surface area (Å²) in [6.07, 6.45) is 3.28. The first-order valence-corrected chi connectivity index (χ1v) is 7.13. The summed E-state index contributed by atoms with van der Waals surface area (Å²) in [6, 6.07) is 5.89. The van der Waals surface area contributed by atoms with E-state index < -0.39 is 0 Å². The van der Waals surface area contributed by atoms with E-state index in [-0.39, 0.29) is 0 Å². The molecule has 0 spiro atoms. The quantitative estimate of drug-likeness (QED) is 0.749. The second-order valence-electron chi connectivity index (χ2n) is 5.12. The second kappa shape index (κ2) is 8.23. The molecule has 0 heterocycles. The van der Waals surface area contributed by atoms with Gasteiger partial charge in [-0.05, 0) is 55.6 Å². The van der Waals surface area contributed by atoms with Gasteiger partial charge < -0.3 is 10.1 Å². The summed E-state index contributed by atoms with van der Waals surface area (Å²) in [5, 5.41) is 4.08. The molecule has 1 aromatic rings. The topological polar surface area (TPSA) is 21.3 Å². The van der Waals surface area contributed by atoms with E-state index in [0.29, 0.717) is 10.9 Å². The van der Waals surface area contributed by atoms with E-state index in [9.17, 15) is 0 Å². The third kappa shape index (κ3) is 5.66. The third-order valence-electron chi connectivity index (χ3n) is 2.93. The van der Waals surface area contributed by atoms with Gasteiger partial charge in [0.15, 0.2) is 0 Å². The number of hydrogen-bond donors (Lipinski definition) is 1. The van der Waals surface area contributed by atoms with Crippen molar-refractivity contribution >= 4 is 17.2 Å². The van der Waals surface area contributed by atoms with E-state index in [0.717, 1.165) is 30.8 Å². The summed E-state index contributed by atoms with van der Waals surface area (Å²) in [5.41, 5.74) is 2.41. The summed E-state index contributed by atoms with van der Waals surface area (Å²) in [7, 11) is 1.64. The lowest BCUT2D eigenvalue weighted by Gasteiger charge is -2.08. The van der Waals surface area contributed by atoms with Gasteiger partial charge in [-0.15, -0.1) is 0 Å². The van der Waals surface area contributed by atoms with E-state index in [2.05, 4.69) is 32.2 Å². The molecule has 1 rings (SSSR count). The molecule has 0 unspecified atom stereocenters. The first-order chi connectivity index (χ1) is 9.04. The highest BCUT2D eigenvalue weighted by molar-refractivity contribution is 6.32. The van der Waals surface area contributed by atoms with Gasteiger partial charge in [0.2, 0.25) is 0 Å². The van der Waals surface area contributed by atoms with Gasteiger partial charge in [-0.25, -0.2) is 0 Å². The third-order valence-corrected chi connectivity index (χ3v) is 3.24. The lowest BCUT2D eigenvalue weighted by atomic mass is 10.1. The molecule has 1 N–H and O–H groups in total. The van der Waals surface area contributed by atoms with Gasteiger partial charge in [-0.1, -0.05) is 37.6 Å². The van der Waals surface area contributed by atoms with E-state index in [1.54, 1.807) is 7.11 Å². The van der Waals surface area contributed by atoms with Crippen LogP contribution in [-0.4, -0.2) is 20.2 Å². The standard InChI is InChI=1S/C16H24ClNO/c1-12(2)11-18-9-5-6-13(3)14-7-8-15(17)16(10-14)19-4/h6-8,10,12,18H,5,9,11H2,1-4H3. The number of halogens is 1. The molecule has 0 aliphatic rings. The molecule has 3 heteroatoms. The van der Waals surface area contributed by atoms with Gasteiger partial charge in [0.1, 0.15) is 5.75 Å². The van der Waals surface area contributed by atoms with Crippen molar-refractivity contribution in [2.24, 2.45) is 5.92 Å². The SMILES string of the molecule is COc1cc(C(C)=CCCNCC(C)C)ccc1Cl. The Balaban J connectivity index is 2.54. The van der Waals surface area contributed by atoms with Crippen molar-refractivity contribution in [2.75, 3.05) is 20.2 Å². The maximum Gasteiger partial charge on any atom is 0.138 e. The number of allylic oxidation sites excluding steroid dienone is 1. The van der Waals surface area contributed by atoms with E-state index in [1.165, 1.54) is 5.57 Å². The monoisotopic (exact) mass is 281 g/mol. The van der Waals surface area contributed by atoms with Crippen LogP contribution < -0.4 is 10.1 Å². The van der Waals surface area contributed by atoms with Crippen LogP contribution in [0.15, 0.2) is 24.3 Å². The molecule has 0 saturated carbocycles.